The van der Waals surface area contributed by atoms with E-state index >= 15 is 0 Å². The third-order valence-corrected chi connectivity index (χ3v) is 2.97. The maximum absolute atomic E-state index is 11.8. The molecule has 6 nitrogen and oxygen atoms in total. The summed E-state index contributed by atoms with van der Waals surface area (Å²) in [5.74, 6) is -0.236. The van der Waals surface area contributed by atoms with E-state index in [0.717, 1.165) is 0 Å². The van der Waals surface area contributed by atoms with Gasteiger partial charge in [0, 0.05) is 33.3 Å². The Hall–Kier alpha value is -1.14. The van der Waals surface area contributed by atoms with Gasteiger partial charge in [0.15, 0.2) is 0 Å². The van der Waals surface area contributed by atoms with E-state index in [4.69, 9.17) is 4.74 Å². The number of carbonyl (C=O) groups is 2. The number of rotatable bonds is 4. The van der Waals surface area contributed by atoms with Crippen molar-refractivity contribution in [1.82, 2.24) is 9.80 Å². The predicted octanol–water partition coefficient (Wildman–Crippen LogP) is -0.661. The predicted molar refractivity (Wildman–Crippen MR) is 61.5 cm³/mol. The molecule has 98 valence electrons. The van der Waals surface area contributed by atoms with Crippen LogP contribution in [0.25, 0.3) is 0 Å². The second-order valence-corrected chi connectivity index (χ2v) is 4.06. The number of ether oxygens (including phenoxy) is 2. The molecule has 0 aromatic carbocycles. The van der Waals surface area contributed by atoms with E-state index in [2.05, 4.69) is 4.74 Å². The molecule has 0 radical (unpaired) electrons. The molecule has 0 aromatic rings. The van der Waals surface area contributed by atoms with Crippen LogP contribution in [0.3, 0.4) is 0 Å². The number of hydrogen-bond donors (Lipinski definition) is 0. The summed E-state index contributed by atoms with van der Waals surface area (Å²) >= 11 is 0. The standard InChI is InChI=1S/C11H20N2O4/c1-9(16-2)11(15)13-6-4-12(5-7-13)8-10(14)17-3/h9H,4-8H2,1-3H3. The highest BCUT2D eigenvalue weighted by Gasteiger charge is 2.25. The van der Waals surface area contributed by atoms with Gasteiger partial charge in [0.2, 0.25) is 0 Å². The molecule has 6 heteroatoms. The van der Waals surface area contributed by atoms with Gasteiger partial charge in [0.25, 0.3) is 5.91 Å². The molecule has 1 aliphatic rings. The average Bonchev–Trinajstić information content (AvgIpc) is 2.37. The minimum Gasteiger partial charge on any atom is -0.468 e. The fraction of sp³-hybridized carbons (Fsp3) is 0.818. The topological polar surface area (TPSA) is 59.1 Å². The third kappa shape index (κ3) is 3.98. The van der Waals surface area contributed by atoms with E-state index in [0.29, 0.717) is 32.7 Å². The Labute approximate surface area is 101 Å². The van der Waals surface area contributed by atoms with E-state index in [1.807, 2.05) is 4.90 Å². The van der Waals surface area contributed by atoms with E-state index in [9.17, 15) is 9.59 Å². The molecular weight excluding hydrogens is 224 g/mol. The smallest absolute Gasteiger partial charge is 0.319 e. The van der Waals surface area contributed by atoms with Gasteiger partial charge in [0.1, 0.15) is 6.10 Å². The van der Waals surface area contributed by atoms with Crippen molar-refractivity contribution in [2.75, 3.05) is 46.9 Å². The van der Waals surface area contributed by atoms with E-state index in [1.165, 1.54) is 14.2 Å². The van der Waals surface area contributed by atoms with Crippen molar-refractivity contribution >= 4 is 11.9 Å². The second kappa shape index (κ2) is 6.56. The highest BCUT2D eigenvalue weighted by molar-refractivity contribution is 5.80. The van der Waals surface area contributed by atoms with E-state index in [1.54, 1.807) is 11.8 Å². The van der Waals surface area contributed by atoms with Gasteiger partial charge in [0.05, 0.1) is 13.7 Å². The number of hydrogen-bond acceptors (Lipinski definition) is 5. The monoisotopic (exact) mass is 244 g/mol. The van der Waals surface area contributed by atoms with Gasteiger partial charge < -0.3 is 14.4 Å². The SMILES string of the molecule is COC(=O)CN1CCN(C(=O)C(C)OC)CC1. The fourth-order valence-corrected chi connectivity index (χ4v) is 1.73. The molecule has 1 heterocycles. The first-order valence-corrected chi connectivity index (χ1v) is 5.69. The molecule has 17 heavy (non-hydrogen) atoms. The quantitative estimate of drug-likeness (QED) is 0.614. The number of methoxy groups -OCH3 is 2. The number of amides is 1. The van der Waals surface area contributed by atoms with Crippen LogP contribution in [0.4, 0.5) is 0 Å². The van der Waals surface area contributed by atoms with Crippen LogP contribution in [0.5, 0.6) is 0 Å². The third-order valence-electron chi connectivity index (χ3n) is 2.97. The highest BCUT2D eigenvalue weighted by atomic mass is 16.5. The Bertz CT molecular complexity index is 275. The van der Waals surface area contributed by atoms with Crippen molar-refractivity contribution in [3.63, 3.8) is 0 Å². The van der Waals surface area contributed by atoms with Crippen LogP contribution < -0.4 is 0 Å². The van der Waals surface area contributed by atoms with Crippen molar-refractivity contribution in [3.05, 3.63) is 0 Å². The summed E-state index contributed by atoms with van der Waals surface area (Å²) in [7, 11) is 2.90. The van der Waals surface area contributed by atoms with Gasteiger partial charge in [-0.25, -0.2) is 0 Å². The zero-order valence-electron chi connectivity index (χ0n) is 10.6. The summed E-state index contributed by atoms with van der Waals surface area (Å²) in [5.41, 5.74) is 0. The molecule has 1 fully saturated rings. The lowest BCUT2D eigenvalue weighted by Gasteiger charge is -2.35. The Morgan fingerprint density at radius 2 is 1.76 bits per heavy atom. The molecule has 1 amide bonds. The molecule has 0 saturated carbocycles. The van der Waals surface area contributed by atoms with Gasteiger partial charge in [-0.05, 0) is 6.92 Å². The van der Waals surface area contributed by atoms with Crippen LogP contribution in [0.1, 0.15) is 6.92 Å². The average molecular weight is 244 g/mol. The molecule has 0 N–H and O–H groups in total. The van der Waals surface area contributed by atoms with Crippen LogP contribution in [-0.2, 0) is 19.1 Å². The normalized spacial score (nSPS) is 18.9. The lowest BCUT2D eigenvalue weighted by Crippen LogP contribution is -2.52. The van der Waals surface area contributed by atoms with Crippen molar-refractivity contribution in [2.45, 2.75) is 13.0 Å². The summed E-state index contributed by atoms with van der Waals surface area (Å²) in [6, 6.07) is 0. The molecule has 1 atom stereocenters. The van der Waals surface area contributed by atoms with Gasteiger partial charge >= 0.3 is 5.97 Å². The Kier molecular flexibility index (Phi) is 5.37. The summed E-state index contributed by atoms with van der Waals surface area (Å²) in [5, 5.41) is 0. The molecule has 1 unspecified atom stereocenters. The molecule has 0 bridgehead atoms. The Balaban J connectivity index is 2.35. The van der Waals surface area contributed by atoms with Crippen molar-refractivity contribution in [3.8, 4) is 0 Å². The van der Waals surface area contributed by atoms with Gasteiger partial charge in [-0.2, -0.15) is 0 Å². The van der Waals surface area contributed by atoms with Crippen molar-refractivity contribution in [2.24, 2.45) is 0 Å². The maximum Gasteiger partial charge on any atom is 0.319 e. The van der Waals surface area contributed by atoms with Crippen LogP contribution in [0, 0.1) is 0 Å². The minimum absolute atomic E-state index is 0.00483. The molecule has 0 aliphatic carbocycles. The number of nitrogens with zero attached hydrogens (tertiary/aromatic N) is 2. The van der Waals surface area contributed by atoms with Crippen LogP contribution in [0.2, 0.25) is 0 Å². The Morgan fingerprint density at radius 3 is 2.24 bits per heavy atom. The zero-order valence-corrected chi connectivity index (χ0v) is 10.6. The van der Waals surface area contributed by atoms with Gasteiger partial charge in [-0.15, -0.1) is 0 Å². The van der Waals surface area contributed by atoms with Crippen LogP contribution >= 0.6 is 0 Å². The molecular formula is C11H20N2O4. The number of carbonyl (C=O) groups excluding carboxylic acids is 2. The maximum atomic E-state index is 11.8. The van der Waals surface area contributed by atoms with Crippen LogP contribution in [-0.4, -0.2) is 74.7 Å². The molecule has 1 rings (SSSR count). The molecule has 1 aliphatic heterocycles. The van der Waals surface area contributed by atoms with Crippen molar-refractivity contribution in [1.29, 1.82) is 0 Å². The Morgan fingerprint density at radius 1 is 1.18 bits per heavy atom. The van der Waals surface area contributed by atoms with E-state index < -0.39 is 6.10 Å². The first-order chi connectivity index (χ1) is 8.08. The largest absolute Gasteiger partial charge is 0.468 e. The second-order valence-electron chi connectivity index (χ2n) is 4.06. The molecule has 0 spiro atoms. The lowest BCUT2D eigenvalue weighted by atomic mass is 10.2. The summed E-state index contributed by atoms with van der Waals surface area (Å²) in [4.78, 5) is 26.6. The number of piperazine rings is 1. The number of esters is 1. The fourth-order valence-electron chi connectivity index (χ4n) is 1.73. The zero-order chi connectivity index (χ0) is 12.8. The van der Waals surface area contributed by atoms with Gasteiger partial charge in [-0.1, -0.05) is 0 Å². The van der Waals surface area contributed by atoms with Crippen molar-refractivity contribution < 1.29 is 19.1 Å². The summed E-state index contributed by atoms with van der Waals surface area (Å²) in [6.45, 7) is 4.67. The molecule has 1 saturated heterocycles. The summed E-state index contributed by atoms with van der Waals surface area (Å²) < 4.78 is 9.60. The van der Waals surface area contributed by atoms with Crippen LogP contribution in [0.15, 0.2) is 0 Å². The lowest BCUT2D eigenvalue weighted by molar-refractivity contribution is -0.145. The summed E-state index contributed by atoms with van der Waals surface area (Å²) in [6.07, 6.45) is -0.401. The first-order valence-electron chi connectivity index (χ1n) is 5.69. The molecule has 0 aromatic heterocycles. The first kappa shape index (κ1) is 13.9. The minimum atomic E-state index is -0.401. The van der Waals surface area contributed by atoms with E-state index in [-0.39, 0.29) is 11.9 Å². The van der Waals surface area contributed by atoms with Gasteiger partial charge in [-0.3, -0.25) is 14.5 Å². The highest BCUT2D eigenvalue weighted by Crippen LogP contribution is 2.05.